The van der Waals surface area contributed by atoms with Gasteiger partial charge in [0, 0.05) is 23.9 Å². The van der Waals surface area contributed by atoms with Gasteiger partial charge in [0.25, 0.3) is 5.91 Å². The van der Waals surface area contributed by atoms with E-state index in [1.165, 1.54) is 0 Å². The van der Waals surface area contributed by atoms with Crippen LogP contribution in [0.2, 0.25) is 0 Å². The molecule has 4 rings (SSSR count). The zero-order chi connectivity index (χ0) is 15.8. The Morgan fingerprint density at radius 3 is 2.65 bits per heavy atom. The zero-order valence-electron chi connectivity index (χ0n) is 12.2. The van der Waals surface area contributed by atoms with Gasteiger partial charge in [0.05, 0.1) is 17.9 Å². The predicted molar refractivity (Wildman–Crippen MR) is 84.9 cm³/mol. The number of aromatic hydroxyl groups is 1. The van der Waals surface area contributed by atoms with Crippen molar-refractivity contribution in [2.45, 2.75) is 6.54 Å². The molecule has 23 heavy (non-hydrogen) atoms. The molecule has 0 atom stereocenters. The number of pyridine rings is 1. The van der Waals surface area contributed by atoms with Crippen molar-refractivity contribution in [2.24, 2.45) is 0 Å². The van der Waals surface area contributed by atoms with Gasteiger partial charge in [-0.05, 0) is 42.5 Å². The molecule has 0 bridgehead atoms. The Labute approximate surface area is 132 Å². The van der Waals surface area contributed by atoms with Crippen LogP contribution in [0.3, 0.4) is 0 Å². The first-order valence-electron chi connectivity index (χ1n) is 7.32. The van der Waals surface area contributed by atoms with E-state index >= 15 is 0 Å². The van der Waals surface area contributed by atoms with E-state index in [1.54, 1.807) is 29.1 Å². The van der Waals surface area contributed by atoms with Gasteiger partial charge >= 0.3 is 0 Å². The maximum absolute atomic E-state index is 11.8. The molecule has 0 unspecified atom stereocenters. The van der Waals surface area contributed by atoms with E-state index in [4.69, 9.17) is 0 Å². The number of hydrogen-bond donors (Lipinski definition) is 2. The van der Waals surface area contributed by atoms with Crippen LogP contribution >= 0.6 is 0 Å². The molecule has 1 aromatic carbocycles. The number of rotatable bonds is 2. The lowest BCUT2D eigenvalue weighted by atomic mass is 10.1. The van der Waals surface area contributed by atoms with Crippen molar-refractivity contribution in [3.8, 4) is 28.3 Å². The van der Waals surface area contributed by atoms with E-state index < -0.39 is 0 Å². The van der Waals surface area contributed by atoms with Crippen molar-refractivity contribution in [3.05, 3.63) is 54.4 Å². The lowest BCUT2D eigenvalue weighted by molar-refractivity contribution is 0.0924. The number of hydrogen-bond acceptors (Lipinski definition) is 4. The van der Waals surface area contributed by atoms with Crippen molar-refractivity contribution in [1.82, 2.24) is 20.1 Å². The summed E-state index contributed by atoms with van der Waals surface area (Å²) in [5, 5.41) is 16.7. The van der Waals surface area contributed by atoms with Crippen LogP contribution in [0, 0.1) is 0 Å². The molecular formula is C17H14N4O2. The van der Waals surface area contributed by atoms with Gasteiger partial charge in [-0.2, -0.15) is 5.10 Å². The molecule has 6 heteroatoms. The molecule has 6 nitrogen and oxygen atoms in total. The molecule has 1 aliphatic rings. The standard InChI is InChI=1S/C17H14N4O2/c22-13-3-1-11(2-4-13)14-9-12(5-6-18-14)15-10-16-17(23)19-7-8-21(16)20-15/h1-6,9-10,22H,7-8H2,(H,19,23). The van der Waals surface area contributed by atoms with Gasteiger partial charge in [0.1, 0.15) is 11.4 Å². The van der Waals surface area contributed by atoms with Crippen LogP contribution in [0.15, 0.2) is 48.7 Å². The average molecular weight is 306 g/mol. The largest absolute Gasteiger partial charge is 0.508 e. The van der Waals surface area contributed by atoms with E-state index in [0.717, 1.165) is 22.5 Å². The average Bonchev–Trinajstić information content (AvgIpc) is 3.01. The third-order valence-electron chi connectivity index (χ3n) is 3.84. The van der Waals surface area contributed by atoms with Gasteiger partial charge in [-0.25, -0.2) is 0 Å². The van der Waals surface area contributed by atoms with Crippen LogP contribution in [0.4, 0.5) is 0 Å². The lowest BCUT2D eigenvalue weighted by Gasteiger charge is -2.13. The molecule has 0 aliphatic carbocycles. The molecule has 2 aromatic heterocycles. The summed E-state index contributed by atoms with van der Waals surface area (Å²) >= 11 is 0. The van der Waals surface area contributed by atoms with E-state index in [-0.39, 0.29) is 11.7 Å². The Morgan fingerprint density at radius 2 is 1.87 bits per heavy atom. The highest BCUT2D eigenvalue weighted by molar-refractivity contribution is 5.94. The maximum atomic E-state index is 11.8. The molecule has 1 aliphatic heterocycles. The monoisotopic (exact) mass is 306 g/mol. The molecule has 3 heterocycles. The van der Waals surface area contributed by atoms with Crippen LogP contribution in [0.5, 0.6) is 5.75 Å². The second-order valence-electron chi connectivity index (χ2n) is 5.37. The first-order chi connectivity index (χ1) is 11.2. The first-order valence-corrected chi connectivity index (χ1v) is 7.32. The molecule has 114 valence electrons. The van der Waals surface area contributed by atoms with Crippen LogP contribution < -0.4 is 5.32 Å². The number of nitrogens with zero attached hydrogens (tertiary/aromatic N) is 3. The molecule has 0 spiro atoms. The number of benzene rings is 1. The Balaban J connectivity index is 1.74. The molecule has 1 amide bonds. The number of aromatic nitrogens is 3. The molecule has 0 fully saturated rings. The Hall–Kier alpha value is -3.15. The van der Waals surface area contributed by atoms with Crippen molar-refractivity contribution in [1.29, 1.82) is 0 Å². The quantitative estimate of drug-likeness (QED) is 0.759. The van der Waals surface area contributed by atoms with E-state index in [0.29, 0.717) is 18.8 Å². The minimum atomic E-state index is -0.0946. The minimum Gasteiger partial charge on any atom is -0.508 e. The molecule has 3 aromatic rings. The summed E-state index contributed by atoms with van der Waals surface area (Å²) < 4.78 is 1.73. The highest BCUT2D eigenvalue weighted by Crippen LogP contribution is 2.26. The van der Waals surface area contributed by atoms with Gasteiger partial charge in [0.15, 0.2) is 0 Å². The second-order valence-corrected chi connectivity index (χ2v) is 5.37. The highest BCUT2D eigenvalue weighted by Gasteiger charge is 2.19. The van der Waals surface area contributed by atoms with Crippen LogP contribution in [0.1, 0.15) is 10.5 Å². The summed E-state index contributed by atoms with van der Waals surface area (Å²) in [5.74, 6) is 0.125. The Bertz CT molecular complexity index is 884. The second kappa shape index (κ2) is 5.24. The first kappa shape index (κ1) is 13.5. The zero-order valence-corrected chi connectivity index (χ0v) is 12.2. The van der Waals surface area contributed by atoms with E-state index in [2.05, 4.69) is 15.4 Å². The van der Waals surface area contributed by atoms with Gasteiger partial charge in [-0.1, -0.05) is 0 Å². The summed E-state index contributed by atoms with van der Waals surface area (Å²) in [6.07, 6.45) is 1.72. The van der Waals surface area contributed by atoms with Gasteiger partial charge in [-0.15, -0.1) is 0 Å². The number of nitrogens with one attached hydrogen (secondary N) is 1. The van der Waals surface area contributed by atoms with Crippen LogP contribution in [-0.2, 0) is 6.54 Å². The summed E-state index contributed by atoms with van der Waals surface area (Å²) in [7, 11) is 0. The molecule has 0 saturated heterocycles. The van der Waals surface area contributed by atoms with Crippen molar-refractivity contribution in [3.63, 3.8) is 0 Å². The normalized spacial score (nSPS) is 13.5. The minimum absolute atomic E-state index is 0.0946. The van der Waals surface area contributed by atoms with Gasteiger partial charge < -0.3 is 10.4 Å². The highest BCUT2D eigenvalue weighted by atomic mass is 16.3. The number of phenolic OH excluding ortho intramolecular Hbond substituents is 1. The topological polar surface area (TPSA) is 80.0 Å². The summed E-state index contributed by atoms with van der Waals surface area (Å²) in [4.78, 5) is 16.2. The molecule has 0 radical (unpaired) electrons. The Kier molecular flexibility index (Phi) is 3.08. The number of carbonyl (C=O) groups excluding carboxylic acids is 1. The summed E-state index contributed by atoms with van der Waals surface area (Å²) in [6.45, 7) is 1.28. The van der Waals surface area contributed by atoms with Gasteiger partial charge in [0.2, 0.25) is 0 Å². The fourth-order valence-corrected chi connectivity index (χ4v) is 2.66. The fourth-order valence-electron chi connectivity index (χ4n) is 2.66. The smallest absolute Gasteiger partial charge is 0.269 e. The van der Waals surface area contributed by atoms with Gasteiger partial charge in [-0.3, -0.25) is 14.5 Å². The summed E-state index contributed by atoms with van der Waals surface area (Å²) in [6, 6.07) is 12.5. The van der Waals surface area contributed by atoms with E-state index in [9.17, 15) is 9.90 Å². The predicted octanol–water partition coefficient (Wildman–Crippen LogP) is 2.06. The third kappa shape index (κ3) is 2.44. The Morgan fingerprint density at radius 1 is 1.04 bits per heavy atom. The SMILES string of the molecule is O=C1NCCn2nc(-c3ccnc(-c4ccc(O)cc4)c3)cc21. The molecule has 0 saturated carbocycles. The maximum Gasteiger partial charge on any atom is 0.269 e. The number of amides is 1. The van der Waals surface area contributed by atoms with Crippen molar-refractivity contribution >= 4 is 5.91 Å². The number of phenols is 1. The van der Waals surface area contributed by atoms with E-state index in [1.807, 2.05) is 24.3 Å². The number of carbonyl (C=O) groups is 1. The lowest BCUT2D eigenvalue weighted by Crippen LogP contribution is -2.35. The molecular weight excluding hydrogens is 292 g/mol. The van der Waals surface area contributed by atoms with Crippen molar-refractivity contribution in [2.75, 3.05) is 6.54 Å². The van der Waals surface area contributed by atoms with Crippen LogP contribution in [0.25, 0.3) is 22.5 Å². The van der Waals surface area contributed by atoms with Crippen LogP contribution in [-0.4, -0.2) is 32.3 Å². The third-order valence-corrected chi connectivity index (χ3v) is 3.84. The summed E-state index contributed by atoms with van der Waals surface area (Å²) in [5.41, 5.74) is 3.93. The number of fused-ring (bicyclic) bond motifs is 1. The fraction of sp³-hybridized carbons (Fsp3) is 0.118. The molecule has 2 N–H and O–H groups in total. The van der Waals surface area contributed by atoms with Crippen molar-refractivity contribution < 1.29 is 9.90 Å².